The molecule has 0 aromatic carbocycles. The topological polar surface area (TPSA) is 36.9 Å². The Hall–Kier alpha value is -1.00. The fourth-order valence-corrected chi connectivity index (χ4v) is 0.642. The van der Waals surface area contributed by atoms with Gasteiger partial charge in [0.25, 0.3) is 0 Å². The maximum Gasteiger partial charge on any atom is 0.206 e. The van der Waals surface area contributed by atoms with E-state index < -0.39 is 0 Å². The van der Waals surface area contributed by atoms with Crippen molar-refractivity contribution in [3.63, 3.8) is 0 Å². The van der Waals surface area contributed by atoms with Crippen LogP contribution in [0.3, 0.4) is 0 Å². The summed E-state index contributed by atoms with van der Waals surface area (Å²) >= 11 is 0. The van der Waals surface area contributed by atoms with Crippen molar-refractivity contribution in [1.29, 1.82) is 0 Å². The Bertz CT molecular complexity index is 152. The van der Waals surface area contributed by atoms with Crippen LogP contribution in [0, 0.1) is 0 Å². The molecular weight excluding hydrogens is 160 g/mol. The first kappa shape index (κ1) is 11.0. The van der Waals surface area contributed by atoms with Crippen LogP contribution in [0.2, 0.25) is 0 Å². The van der Waals surface area contributed by atoms with Crippen molar-refractivity contribution in [1.82, 2.24) is 0 Å². The quantitative estimate of drug-likeness (QED) is 0.276. The van der Waals surface area contributed by atoms with Crippen molar-refractivity contribution in [2.45, 2.75) is 13.8 Å². The summed E-state index contributed by atoms with van der Waals surface area (Å²) in [6, 6.07) is 0. The Morgan fingerprint density at radius 1 is 0.833 bits per heavy atom. The molecule has 0 aromatic rings. The van der Waals surface area contributed by atoms with Crippen LogP contribution in [-0.4, -0.2) is 14.2 Å². The number of hydrogen-bond donors (Lipinski definition) is 0. The van der Waals surface area contributed by atoms with E-state index in [0.717, 1.165) is 0 Å². The molecule has 0 aliphatic carbocycles. The van der Waals surface area contributed by atoms with Crippen molar-refractivity contribution in [2.24, 2.45) is 0 Å². The molecule has 70 valence electrons. The molecule has 0 N–H and O–H groups in total. The molecule has 0 heterocycles. The second-order valence-corrected chi connectivity index (χ2v) is 1.81. The van der Waals surface area contributed by atoms with Crippen LogP contribution in [0.4, 0.5) is 0 Å². The lowest BCUT2D eigenvalue weighted by atomic mass is 10.4. The molecule has 0 amide bonds. The molecule has 0 fully saturated rings. The lowest BCUT2D eigenvalue weighted by Gasteiger charge is -2.08. The molecule has 12 heavy (non-hydrogen) atoms. The highest BCUT2D eigenvalue weighted by Gasteiger charge is 2.07. The van der Waals surface area contributed by atoms with Gasteiger partial charge < -0.3 is 9.78 Å². The van der Waals surface area contributed by atoms with Crippen molar-refractivity contribution in [3.8, 4) is 0 Å². The standard InChI is InChI=1S/C8H14O4/c1-5-7(11-9-3)8(6-2)12-10-4/h5-6H,1-4H3. The van der Waals surface area contributed by atoms with Crippen LogP contribution in [0.5, 0.6) is 0 Å². The van der Waals surface area contributed by atoms with E-state index in [1.807, 2.05) is 0 Å². The largest absolute Gasteiger partial charge is 0.334 e. The molecule has 4 nitrogen and oxygen atoms in total. The molecule has 4 heteroatoms. The predicted molar refractivity (Wildman–Crippen MR) is 43.7 cm³/mol. The summed E-state index contributed by atoms with van der Waals surface area (Å²) in [5.74, 6) is 0.948. The molecule has 0 atom stereocenters. The van der Waals surface area contributed by atoms with Crippen molar-refractivity contribution >= 4 is 0 Å². The smallest absolute Gasteiger partial charge is 0.206 e. The Balaban J connectivity index is 4.26. The van der Waals surface area contributed by atoms with Gasteiger partial charge in [0.1, 0.15) is 0 Å². The van der Waals surface area contributed by atoms with Gasteiger partial charge >= 0.3 is 0 Å². The first-order valence-corrected chi connectivity index (χ1v) is 3.54. The average molecular weight is 174 g/mol. The molecule has 0 aliphatic rings. The fourth-order valence-electron chi connectivity index (χ4n) is 0.642. The van der Waals surface area contributed by atoms with Crippen LogP contribution in [0.1, 0.15) is 13.8 Å². The molecular formula is C8H14O4. The third-order valence-electron chi connectivity index (χ3n) is 1.11. The van der Waals surface area contributed by atoms with Gasteiger partial charge in [0.15, 0.2) is 0 Å². The highest BCUT2D eigenvalue weighted by atomic mass is 17.2. The molecule has 0 unspecified atom stereocenters. The van der Waals surface area contributed by atoms with Gasteiger partial charge in [-0.3, -0.25) is 0 Å². The van der Waals surface area contributed by atoms with Gasteiger partial charge in [0, 0.05) is 0 Å². The Labute approximate surface area is 72.2 Å². The fraction of sp³-hybridized carbons (Fsp3) is 0.500. The van der Waals surface area contributed by atoms with Crippen molar-refractivity contribution in [3.05, 3.63) is 23.7 Å². The average Bonchev–Trinajstić information content (AvgIpc) is 2.11. The molecule has 0 bridgehead atoms. The maximum atomic E-state index is 4.78. The van der Waals surface area contributed by atoms with E-state index in [-0.39, 0.29) is 0 Å². The first-order valence-electron chi connectivity index (χ1n) is 3.54. The minimum absolute atomic E-state index is 0.474. The van der Waals surface area contributed by atoms with Gasteiger partial charge in [0.2, 0.25) is 11.5 Å². The van der Waals surface area contributed by atoms with Crippen LogP contribution >= 0.6 is 0 Å². The van der Waals surface area contributed by atoms with Crippen LogP contribution in [0.25, 0.3) is 0 Å². The Kier molecular flexibility index (Phi) is 6.14. The van der Waals surface area contributed by atoms with E-state index in [1.54, 1.807) is 26.0 Å². The van der Waals surface area contributed by atoms with Gasteiger partial charge in [-0.25, -0.2) is 0 Å². The summed E-state index contributed by atoms with van der Waals surface area (Å²) in [5, 5.41) is 0. The zero-order valence-corrected chi connectivity index (χ0v) is 7.79. The lowest BCUT2D eigenvalue weighted by molar-refractivity contribution is -0.270. The summed E-state index contributed by atoms with van der Waals surface area (Å²) in [6.45, 7) is 3.60. The molecule has 0 aromatic heterocycles. The summed E-state index contributed by atoms with van der Waals surface area (Å²) < 4.78 is 0. The molecule has 0 spiro atoms. The number of hydrogen-bond acceptors (Lipinski definition) is 4. The Morgan fingerprint density at radius 2 is 1.17 bits per heavy atom. The van der Waals surface area contributed by atoms with Gasteiger partial charge in [-0.15, -0.1) is 0 Å². The van der Waals surface area contributed by atoms with Gasteiger partial charge in [-0.1, -0.05) is 0 Å². The molecule has 0 aliphatic heterocycles. The van der Waals surface area contributed by atoms with Crippen LogP contribution < -0.4 is 0 Å². The number of rotatable bonds is 5. The summed E-state index contributed by atoms with van der Waals surface area (Å²) in [6.07, 6.45) is 3.41. The van der Waals surface area contributed by atoms with E-state index in [2.05, 4.69) is 9.78 Å². The number of allylic oxidation sites excluding steroid dienone is 2. The van der Waals surface area contributed by atoms with E-state index in [9.17, 15) is 0 Å². The lowest BCUT2D eigenvalue weighted by Crippen LogP contribution is -1.99. The van der Waals surface area contributed by atoms with E-state index in [0.29, 0.717) is 11.5 Å². The van der Waals surface area contributed by atoms with Gasteiger partial charge in [0.05, 0.1) is 14.2 Å². The minimum Gasteiger partial charge on any atom is -0.334 e. The van der Waals surface area contributed by atoms with Crippen molar-refractivity contribution in [2.75, 3.05) is 14.2 Å². The third kappa shape index (κ3) is 3.41. The van der Waals surface area contributed by atoms with Crippen molar-refractivity contribution < 1.29 is 19.6 Å². The second kappa shape index (κ2) is 6.69. The van der Waals surface area contributed by atoms with E-state index in [4.69, 9.17) is 9.78 Å². The van der Waals surface area contributed by atoms with Crippen LogP contribution in [-0.2, 0) is 19.6 Å². The summed E-state index contributed by atoms with van der Waals surface area (Å²) in [5.41, 5.74) is 0. The predicted octanol–water partition coefficient (Wildman–Crippen LogP) is 1.95. The maximum absolute atomic E-state index is 4.78. The van der Waals surface area contributed by atoms with Gasteiger partial charge in [-0.05, 0) is 26.0 Å². The minimum atomic E-state index is 0.474. The second-order valence-electron chi connectivity index (χ2n) is 1.81. The monoisotopic (exact) mass is 174 g/mol. The molecule has 0 radical (unpaired) electrons. The Morgan fingerprint density at radius 3 is 1.33 bits per heavy atom. The molecule has 0 rings (SSSR count). The first-order chi connectivity index (χ1) is 5.79. The van der Waals surface area contributed by atoms with E-state index >= 15 is 0 Å². The van der Waals surface area contributed by atoms with Crippen LogP contribution in [0.15, 0.2) is 23.7 Å². The highest BCUT2D eigenvalue weighted by Crippen LogP contribution is 2.12. The molecule has 0 saturated carbocycles. The summed E-state index contributed by atoms with van der Waals surface area (Å²) in [7, 11) is 2.84. The highest BCUT2D eigenvalue weighted by molar-refractivity contribution is 5.17. The normalized spacial score (nSPS) is 13.0. The third-order valence-corrected chi connectivity index (χ3v) is 1.11. The summed E-state index contributed by atoms with van der Waals surface area (Å²) in [4.78, 5) is 18.5. The zero-order valence-electron chi connectivity index (χ0n) is 7.79. The molecule has 0 saturated heterocycles. The zero-order chi connectivity index (χ0) is 9.40. The van der Waals surface area contributed by atoms with Gasteiger partial charge in [-0.2, -0.15) is 9.78 Å². The SMILES string of the molecule is CC=C(OOC)C(=CC)OOC. The van der Waals surface area contributed by atoms with E-state index in [1.165, 1.54) is 14.2 Å².